The standard InChI is InChI=1S/C14H19N3O/c18-11-5-4-8-14-12-17(16-15-14)10-9-13-6-2-1-3-7-13/h1-3,6-7,12,18H,4-5,8-11H2. The third kappa shape index (κ3) is 3.96. The summed E-state index contributed by atoms with van der Waals surface area (Å²) in [6, 6.07) is 10.4. The topological polar surface area (TPSA) is 50.9 Å². The van der Waals surface area contributed by atoms with E-state index in [4.69, 9.17) is 5.11 Å². The first-order valence-corrected chi connectivity index (χ1v) is 6.42. The largest absolute Gasteiger partial charge is 0.396 e. The second-order valence-electron chi connectivity index (χ2n) is 4.39. The van der Waals surface area contributed by atoms with Gasteiger partial charge in [0.05, 0.1) is 5.69 Å². The SMILES string of the molecule is OCCCCc1cn(CCc2ccccc2)nn1. The van der Waals surface area contributed by atoms with Crippen LogP contribution >= 0.6 is 0 Å². The van der Waals surface area contributed by atoms with Gasteiger partial charge in [-0.3, -0.25) is 4.68 Å². The summed E-state index contributed by atoms with van der Waals surface area (Å²) >= 11 is 0. The summed E-state index contributed by atoms with van der Waals surface area (Å²) in [5.74, 6) is 0. The number of benzene rings is 1. The van der Waals surface area contributed by atoms with E-state index in [1.165, 1.54) is 5.56 Å². The first-order chi connectivity index (χ1) is 8.88. The van der Waals surface area contributed by atoms with Gasteiger partial charge in [-0.15, -0.1) is 5.10 Å². The predicted molar refractivity (Wildman–Crippen MR) is 70.2 cm³/mol. The Morgan fingerprint density at radius 1 is 1.06 bits per heavy atom. The van der Waals surface area contributed by atoms with Crippen molar-refractivity contribution in [2.24, 2.45) is 0 Å². The molecule has 1 heterocycles. The van der Waals surface area contributed by atoms with E-state index >= 15 is 0 Å². The van der Waals surface area contributed by atoms with Crippen molar-refractivity contribution in [1.82, 2.24) is 15.0 Å². The zero-order valence-corrected chi connectivity index (χ0v) is 10.5. The van der Waals surface area contributed by atoms with Crippen molar-refractivity contribution in [2.45, 2.75) is 32.2 Å². The van der Waals surface area contributed by atoms with E-state index in [0.717, 1.165) is 37.9 Å². The maximum Gasteiger partial charge on any atom is 0.0827 e. The molecule has 0 saturated heterocycles. The minimum atomic E-state index is 0.252. The van der Waals surface area contributed by atoms with Crippen LogP contribution in [0, 0.1) is 0 Å². The van der Waals surface area contributed by atoms with Gasteiger partial charge < -0.3 is 5.11 Å². The second-order valence-corrected chi connectivity index (χ2v) is 4.39. The monoisotopic (exact) mass is 245 g/mol. The number of aliphatic hydroxyl groups excluding tert-OH is 1. The van der Waals surface area contributed by atoms with Crippen LogP contribution in [0.15, 0.2) is 36.5 Å². The van der Waals surface area contributed by atoms with Gasteiger partial charge in [0.15, 0.2) is 0 Å². The van der Waals surface area contributed by atoms with Gasteiger partial charge in [-0.25, -0.2) is 0 Å². The van der Waals surface area contributed by atoms with E-state index in [0.29, 0.717) is 0 Å². The Bertz CT molecular complexity index is 453. The molecule has 0 radical (unpaired) electrons. The maximum absolute atomic E-state index is 8.72. The van der Waals surface area contributed by atoms with Crippen molar-refractivity contribution in [3.63, 3.8) is 0 Å². The molecule has 4 heteroatoms. The molecule has 0 unspecified atom stereocenters. The summed E-state index contributed by atoms with van der Waals surface area (Å²) in [5.41, 5.74) is 2.33. The van der Waals surface area contributed by atoms with Gasteiger partial charge >= 0.3 is 0 Å². The quantitative estimate of drug-likeness (QED) is 0.757. The molecule has 1 aromatic heterocycles. The summed E-state index contributed by atoms with van der Waals surface area (Å²) in [7, 11) is 0. The van der Waals surface area contributed by atoms with Crippen molar-refractivity contribution in [1.29, 1.82) is 0 Å². The number of hydrogen-bond acceptors (Lipinski definition) is 3. The van der Waals surface area contributed by atoms with E-state index in [2.05, 4.69) is 34.6 Å². The van der Waals surface area contributed by atoms with E-state index in [9.17, 15) is 0 Å². The van der Waals surface area contributed by atoms with E-state index in [-0.39, 0.29) is 6.61 Å². The highest BCUT2D eigenvalue weighted by atomic mass is 16.2. The molecule has 0 bridgehead atoms. The molecule has 2 aromatic rings. The second kappa shape index (κ2) is 6.91. The fourth-order valence-electron chi connectivity index (χ4n) is 1.87. The molecule has 0 saturated carbocycles. The molecule has 4 nitrogen and oxygen atoms in total. The zero-order chi connectivity index (χ0) is 12.6. The van der Waals surface area contributed by atoms with Crippen LogP contribution in [0.25, 0.3) is 0 Å². The molecule has 96 valence electrons. The number of aryl methyl sites for hydroxylation is 3. The lowest BCUT2D eigenvalue weighted by Gasteiger charge is -2.00. The number of nitrogens with zero attached hydrogens (tertiary/aromatic N) is 3. The summed E-state index contributed by atoms with van der Waals surface area (Å²) in [4.78, 5) is 0. The van der Waals surface area contributed by atoms with Crippen LogP contribution in [0.2, 0.25) is 0 Å². The Kier molecular flexibility index (Phi) is 4.90. The first kappa shape index (κ1) is 12.8. The van der Waals surface area contributed by atoms with E-state index < -0.39 is 0 Å². The van der Waals surface area contributed by atoms with Crippen molar-refractivity contribution in [3.05, 3.63) is 47.8 Å². The molecule has 0 amide bonds. The predicted octanol–water partition coefficient (Wildman–Crippen LogP) is 1.84. The van der Waals surface area contributed by atoms with Crippen molar-refractivity contribution in [2.75, 3.05) is 6.61 Å². The third-order valence-corrected chi connectivity index (χ3v) is 2.90. The average molecular weight is 245 g/mol. The maximum atomic E-state index is 8.72. The molecule has 18 heavy (non-hydrogen) atoms. The molecule has 0 spiro atoms. The number of rotatable bonds is 7. The van der Waals surface area contributed by atoms with Gasteiger partial charge in [0.25, 0.3) is 0 Å². The van der Waals surface area contributed by atoms with Gasteiger partial charge in [-0.2, -0.15) is 0 Å². The number of hydrogen-bond donors (Lipinski definition) is 1. The minimum Gasteiger partial charge on any atom is -0.396 e. The summed E-state index contributed by atoms with van der Waals surface area (Å²) in [6.07, 6.45) is 5.66. The molecule has 0 aliphatic heterocycles. The van der Waals surface area contributed by atoms with Crippen LogP contribution < -0.4 is 0 Å². The van der Waals surface area contributed by atoms with Gasteiger partial charge in [-0.05, 0) is 31.2 Å². The highest BCUT2D eigenvalue weighted by Gasteiger charge is 2.01. The summed E-state index contributed by atoms with van der Waals surface area (Å²) in [5, 5.41) is 17.0. The average Bonchev–Trinajstić information content (AvgIpc) is 2.86. The molecular weight excluding hydrogens is 226 g/mol. The highest BCUT2D eigenvalue weighted by Crippen LogP contribution is 2.03. The van der Waals surface area contributed by atoms with Gasteiger partial charge in [0.1, 0.15) is 0 Å². The van der Waals surface area contributed by atoms with Crippen molar-refractivity contribution in [3.8, 4) is 0 Å². The zero-order valence-electron chi connectivity index (χ0n) is 10.5. The van der Waals surface area contributed by atoms with Crippen LogP contribution in [0.3, 0.4) is 0 Å². The fourth-order valence-corrected chi connectivity index (χ4v) is 1.87. The van der Waals surface area contributed by atoms with E-state index in [1.807, 2.05) is 16.9 Å². The Labute approximate surface area is 107 Å². The molecule has 0 atom stereocenters. The number of aliphatic hydroxyl groups is 1. The first-order valence-electron chi connectivity index (χ1n) is 6.42. The summed E-state index contributed by atoms with van der Waals surface area (Å²) < 4.78 is 1.89. The van der Waals surface area contributed by atoms with Gasteiger partial charge in [0.2, 0.25) is 0 Å². The normalized spacial score (nSPS) is 10.7. The summed E-state index contributed by atoms with van der Waals surface area (Å²) in [6.45, 7) is 1.11. The smallest absolute Gasteiger partial charge is 0.0827 e. The van der Waals surface area contributed by atoms with Crippen LogP contribution in [0.5, 0.6) is 0 Å². The molecule has 0 aliphatic carbocycles. The molecule has 0 fully saturated rings. The van der Waals surface area contributed by atoms with E-state index in [1.54, 1.807) is 0 Å². The highest BCUT2D eigenvalue weighted by molar-refractivity contribution is 5.14. The van der Waals surface area contributed by atoms with Crippen LogP contribution in [-0.2, 0) is 19.4 Å². The van der Waals surface area contributed by atoms with Crippen molar-refractivity contribution < 1.29 is 5.11 Å². The third-order valence-electron chi connectivity index (χ3n) is 2.90. The number of unbranched alkanes of at least 4 members (excludes halogenated alkanes) is 1. The molecule has 1 aromatic carbocycles. The minimum absolute atomic E-state index is 0.252. The van der Waals surface area contributed by atoms with Crippen molar-refractivity contribution >= 4 is 0 Å². The molecular formula is C14H19N3O. The Balaban J connectivity index is 1.80. The Hall–Kier alpha value is -1.68. The molecule has 2 rings (SSSR count). The van der Waals surface area contributed by atoms with Gasteiger partial charge in [0, 0.05) is 19.3 Å². The van der Waals surface area contributed by atoms with Crippen LogP contribution in [-0.4, -0.2) is 26.7 Å². The lowest BCUT2D eigenvalue weighted by molar-refractivity contribution is 0.284. The molecule has 0 aliphatic rings. The van der Waals surface area contributed by atoms with Gasteiger partial charge in [-0.1, -0.05) is 35.5 Å². The van der Waals surface area contributed by atoms with Crippen LogP contribution in [0.4, 0.5) is 0 Å². The lowest BCUT2D eigenvalue weighted by atomic mass is 10.1. The molecule has 1 N–H and O–H groups in total. The number of aromatic nitrogens is 3. The fraction of sp³-hybridized carbons (Fsp3) is 0.429. The lowest BCUT2D eigenvalue weighted by Crippen LogP contribution is -2.01. The Morgan fingerprint density at radius 2 is 1.89 bits per heavy atom. The Morgan fingerprint density at radius 3 is 2.67 bits per heavy atom. The van der Waals surface area contributed by atoms with Crippen LogP contribution in [0.1, 0.15) is 24.1 Å².